The first kappa shape index (κ1) is 31.1. The van der Waals surface area contributed by atoms with Crippen molar-refractivity contribution in [1.82, 2.24) is 0 Å². The Morgan fingerprint density at radius 3 is 1.34 bits per heavy atom. The largest absolute Gasteiger partial charge is 0.310 e. The van der Waals surface area contributed by atoms with Crippen LogP contribution < -0.4 is 9.80 Å². The van der Waals surface area contributed by atoms with Crippen LogP contribution in [0.4, 0.5) is 34.1 Å². The Kier molecular flexibility index (Phi) is 7.71. The number of rotatable bonds is 7. The van der Waals surface area contributed by atoms with Gasteiger partial charge < -0.3 is 9.80 Å². The monoisotopic (exact) mass is 694 g/mol. The van der Waals surface area contributed by atoms with E-state index in [-0.39, 0.29) is 0 Å². The van der Waals surface area contributed by atoms with Crippen LogP contribution in [0, 0.1) is 0 Å². The van der Waals surface area contributed by atoms with Crippen molar-refractivity contribution in [3.63, 3.8) is 0 Å². The standard InChI is InChI=1S/C50H34N2S/c1-3-19-39(20-4-1)51(47-26-13-17-35-15-7-9-23-43(35)47)41-31-38(37-29-30-46-45-25-11-12-28-49(45)53-50(46)33-37)32-42(34-41)52(40-21-5-2-6-22-40)48-27-14-18-36-16-8-10-24-44(36)48/h1-34H. The third kappa shape index (κ3) is 5.59. The Labute approximate surface area is 313 Å². The van der Waals surface area contributed by atoms with Gasteiger partial charge in [0, 0.05) is 53.7 Å². The molecule has 3 heteroatoms. The molecule has 1 aromatic heterocycles. The average Bonchev–Trinajstić information content (AvgIpc) is 3.60. The molecule has 0 unspecified atom stereocenters. The second-order valence-corrected chi connectivity index (χ2v) is 14.5. The summed E-state index contributed by atoms with van der Waals surface area (Å²) in [4.78, 5) is 4.83. The highest BCUT2D eigenvalue weighted by Gasteiger charge is 2.21. The summed E-state index contributed by atoms with van der Waals surface area (Å²) in [6, 6.07) is 74.8. The Hall–Kier alpha value is -6.68. The van der Waals surface area contributed by atoms with Gasteiger partial charge in [-0.15, -0.1) is 11.3 Å². The Balaban J connectivity index is 1.27. The fourth-order valence-electron chi connectivity index (χ4n) is 7.74. The van der Waals surface area contributed by atoms with Gasteiger partial charge in [-0.05, 0) is 88.6 Å². The number of benzene rings is 9. The maximum absolute atomic E-state index is 2.42. The molecule has 0 amide bonds. The summed E-state index contributed by atoms with van der Waals surface area (Å²) in [5.74, 6) is 0. The molecular weight excluding hydrogens is 661 g/mol. The fraction of sp³-hybridized carbons (Fsp3) is 0. The van der Waals surface area contributed by atoms with E-state index in [0.29, 0.717) is 0 Å². The van der Waals surface area contributed by atoms with Crippen molar-refractivity contribution in [2.24, 2.45) is 0 Å². The van der Waals surface area contributed by atoms with Crippen LogP contribution in [0.5, 0.6) is 0 Å². The molecule has 0 aliphatic heterocycles. The molecule has 0 saturated heterocycles. The minimum atomic E-state index is 1.08. The summed E-state index contributed by atoms with van der Waals surface area (Å²) in [6.07, 6.45) is 0. The Bertz CT molecular complexity index is 2760. The van der Waals surface area contributed by atoms with E-state index in [4.69, 9.17) is 0 Å². The van der Waals surface area contributed by atoms with E-state index in [0.717, 1.165) is 39.7 Å². The van der Waals surface area contributed by atoms with E-state index in [1.54, 1.807) is 0 Å². The topological polar surface area (TPSA) is 6.48 Å². The lowest BCUT2D eigenvalue weighted by atomic mass is 9.99. The van der Waals surface area contributed by atoms with Gasteiger partial charge in [0.05, 0.1) is 11.4 Å². The van der Waals surface area contributed by atoms with E-state index in [9.17, 15) is 0 Å². The van der Waals surface area contributed by atoms with Gasteiger partial charge in [0.1, 0.15) is 0 Å². The molecule has 9 aromatic carbocycles. The van der Waals surface area contributed by atoms with Crippen molar-refractivity contribution >= 4 is 87.2 Å². The van der Waals surface area contributed by atoms with Crippen LogP contribution in [0.1, 0.15) is 0 Å². The Morgan fingerprint density at radius 2 is 0.755 bits per heavy atom. The molecule has 53 heavy (non-hydrogen) atoms. The van der Waals surface area contributed by atoms with Crippen molar-refractivity contribution in [2.45, 2.75) is 0 Å². The van der Waals surface area contributed by atoms with Crippen molar-refractivity contribution < 1.29 is 0 Å². The fourth-order valence-corrected chi connectivity index (χ4v) is 8.89. The number of fused-ring (bicyclic) bond motifs is 5. The molecule has 0 saturated carbocycles. The molecule has 250 valence electrons. The summed E-state index contributed by atoms with van der Waals surface area (Å²) in [7, 11) is 0. The van der Waals surface area contributed by atoms with E-state index < -0.39 is 0 Å². The van der Waals surface area contributed by atoms with Gasteiger partial charge >= 0.3 is 0 Å². The van der Waals surface area contributed by atoms with Gasteiger partial charge in [0.25, 0.3) is 0 Å². The molecule has 0 aliphatic rings. The average molecular weight is 695 g/mol. The number of anilines is 6. The molecule has 0 N–H and O–H groups in total. The minimum Gasteiger partial charge on any atom is -0.310 e. The minimum absolute atomic E-state index is 1.08. The second-order valence-electron chi connectivity index (χ2n) is 13.4. The molecule has 0 aliphatic carbocycles. The number of thiophene rings is 1. The van der Waals surface area contributed by atoms with Gasteiger partial charge in [-0.3, -0.25) is 0 Å². The molecule has 0 atom stereocenters. The van der Waals surface area contributed by atoms with Gasteiger partial charge in [0.2, 0.25) is 0 Å². The van der Waals surface area contributed by atoms with E-state index in [1.165, 1.54) is 47.3 Å². The molecule has 0 spiro atoms. The Morgan fingerprint density at radius 1 is 0.283 bits per heavy atom. The SMILES string of the molecule is c1ccc(N(c2cc(-c3ccc4c(c3)sc3ccccc34)cc(N(c3ccccc3)c3cccc4ccccc34)c2)c2cccc3ccccc23)cc1. The number of hydrogen-bond acceptors (Lipinski definition) is 3. The van der Waals surface area contributed by atoms with Gasteiger partial charge in [-0.25, -0.2) is 0 Å². The van der Waals surface area contributed by atoms with Crippen LogP contribution in [-0.4, -0.2) is 0 Å². The number of hydrogen-bond donors (Lipinski definition) is 0. The summed E-state index contributed by atoms with van der Waals surface area (Å²) < 4.78 is 2.60. The van der Waals surface area contributed by atoms with Crippen LogP contribution in [-0.2, 0) is 0 Å². The van der Waals surface area contributed by atoms with Crippen LogP contribution in [0.25, 0.3) is 52.8 Å². The van der Waals surface area contributed by atoms with E-state index in [2.05, 4.69) is 216 Å². The highest BCUT2D eigenvalue weighted by Crippen LogP contribution is 2.46. The predicted molar refractivity (Wildman–Crippen MR) is 229 cm³/mol. The molecule has 1 heterocycles. The van der Waals surface area contributed by atoms with Gasteiger partial charge in [-0.1, -0.05) is 140 Å². The zero-order valence-electron chi connectivity index (χ0n) is 28.9. The first-order valence-corrected chi connectivity index (χ1v) is 18.8. The summed E-state index contributed by atoms with van der Waals surface area (Å²) in [6.45, 7) is 0. The van der Waals surface area contributed by atoms with E-state index in [1.807, 2.05) is 11.3 Å². The van der Waals surface area contributed by atoms with Crippen LogP contribution in [0.15, 0.2) is 206 Å². The number of para-hydroxylation sites is 2. The maximum atomic E-state index is 2.42. The molecule has 0 fully saturated rings. The molecule has 10 rings (SSSR count). The van der Waals surface area contributed by atoms with Crippen molar-refractivity contribution in [3.05, 3.63) is 206 Å². The second kappa shape index (κ2) is 13.1. The quantitative estimate of drug-likeness (QED) is 0.164. The lowest BCUT2D eigenvalue weighted by Gasteiger charge is -2.31. The van der Waals surface area contributed by atoms with Crippen LogP contribution in [0.2, 0.25) is 0 Å². The predicted octanol–water partition coefficient (Wildman–Crippen LogP) is 15.0. The van der Waals surface area contributed by atoms with Crippen molar-refractivity contribution in [2.75, 3.05) is 9.80 Å². The molecule has 0 bridgehead atoms. The molecular formula is C50H34N2S. The highest BCUT2D eigenvalue weighted by molar-refractivity contribution is 7.25. The van der Waals surface area contributed by atoms with Crippen LogP contribution in [0.3, 0.4) is 0 Å². The van der Waals surface area contributed by atoms with Crippen LogP contribution >= 0.6 is 11.3 Å². The van der Waals surface area contributed by atoms with Gasteiger partial charge in [0.15, 0.2) is 0 Å². The maximum Gasteiger partial charge on any atom is 0.0540 e. The molecule has 0 radical (unpaired) electrons. The smallest absolute Gasteiger partial charge is 0.0540 e. The van der Waals surface area contributed by atoms with Gasteiger partial charge in [-0.2, -0.15) is 0 Å². The molecule has 10 aromatic rings. The normalized spacial score (nSPS) is 11.4. The number of nitrogens with zero attached hydrogens (tertiary/aromatic N) is 2. The lowest BCUT2D eigenvalue weighted by molar-refractivity contribution is 1.26. The molecule has 2 nitrogen and oxygen atoms in total. The third-order valence-electron chi connectivity index (χ3n) is 10.2. The highest BCUT2D eigenvalue weighted by atomic mass is 32.1. The first-order valence-electron chi connectivity index (χ1n) is 18.0. The third-order valence-corrected chi connectivity index (χ3v) is 11.3. The zero-order chi connectivity index (χ0) is 35.1. The zero-order valence-corrected chi connectivity index (χ0v) is 29.7. The lowest BCUT2D eigenvalue weighted by Crippen LogP contribution is -2.14. The summed E-state index contributed by atoms with van der Waals surface area (Å²) >= 11 is 1.86. The van der Waals surface area contributed by atoms with E-state index >= 15 is 0 Å². The first-order chi connectivity index (χ1) is 26.3. The van der Waals surface area contributed by atoms with Crippen molar-refractivity contribution in [3.8, 4) is 11.1 Å². The summed E-state index contributed by atoms with van der Waals surface area (Å²) in [5, 5.41) is 7.43. The summed E-state index contributed by atoms with van der Waals surface area (Å²) in [5.41, 5.74) is 8.97. The van der Waals surface area contributed by atoms with Crippen molar-refractivity contribution in [1.29, 1.82) is 0 Å².